The maximum atomic E-state index is 13.3. The minimum atomic E-state index is -0.206. The van der Waals surface area contributed by atoms with Crippen molar-refractivity contribution in [3.63, 3.8) is 0 Å². The number of amides is 2. The highest BCUT2D eigenvalue weighted by Gasteiger charge is 2.17. The van der Waals surface area contributed by atoms with Gasteiger partial charge in [-0.25, -0.2) is 0 Å². The van der Waals surface area contributed by atoms with E-state index in [1.54, 1.807) is 24.2 Å². The van der Waals surface area contributed by atoms with Crippen LogP contribution in [-0.4, -0.2) is 27.5 Å². The van der Waals surface area contributed by atoms with E-state index in [9.17, 15) is 9.59 Å². The molecular formula is C33H30N4O2S. The molecule has 1 atom stereocenters. The van der Waals surface area contributed by atoms with E-state index in [1.165, 1.54) is 4.90 Å². The van der Waals surface area contributed by atoms with Crippen molar-refractivity contribution in [1.29, 1.82) is 0 Å². The van der Waals surface area contributed by atoms with Gasteiger partial charge in [0.25, 0.3) is 11.8 Å². The summed E-state index contributed by atoms with van der Waals surface area (Å²) in [5.41, 5.74) is 5.06. The summed E-state index contributed by atoms with van der Waals surface area (Å²) in [6, 6.07) is 28.7. The second-order valence-electron chi connectivity index (χ2n) is 9.28. The molecule has 0 saturated carbocycles. The van der Waals surface area contributed by atoms with Gasteiger partial charge in [-0.3, -0.25) is 19.6 Å². The number of aromatic nitrogens is 2. The van der Waals surface area contributed by atoms with Crippen LogP contribution < -0.4 is 10.6 Å². The number of carbonyl (C=O) groups excluding carboxylic acids is 2. The molecule has 0 fully saturated rings. The zero-order valence-electron chi connectivity index (χ0n) is 22.4. The highest BCUT2D eigenvalue weighted by molar-refractivity contribution is 7.99. The molecular weight excluding hydrogens is 516 g/mol. The van der Waals surface area contributed by atoms with E-state index in [1.807, 2.05) is 73.7 Å². The van der Waals surface area contributed by atoms with Gasteiger partial charge in [0.05, 0.1) is 22.8 Å². The van der Waals surface area contributed by atoms with Crippen molar-refractivity contribution in [3.8, 4) is 11.1 Å². The number of fused-ring (bicyclic) bond motifs is 1. The maximum Gasteiger partial charge on any atom is 0.256 e. The van der Waals surface area contributed by atoms with E-state index >= 15 is 0 Å². The smallest absolute Gasteiger partial charge is 0.256 e. The number of pyridine rings is 2. The second-order valence-corrected chi connectivity index (χ2v) is 10.6. The van der Waals surface area contributed by atoms with Crippen molar-refractivity contribution in [2.24, 2.45) is 0 Å². The normalized spacial score (nSPS) is 11.7. The topological polar surface area (TPSA) is 84.0 Å². The molecule has 3 aromatic carbocycles. The lowest BCUT2D eigenvalue weighted by Gasteiger charge is -2.16. The summed E-state index contributed by atoms with van der Waals surface area (Å²) in [6.45, 7) is 4.14. The molecule has 2 heterocycles. The monoisotopic (exact) mass is 546 g/mol. The average Bonchev–Trinajstić information content (AvgIpc) is 3.00. The van der Waals surface area contributed by atoms with Gasteiger partial charge in [0.1, 0.15) is 0 Å². The summed E-state index contributed by atoms with van der Waals surface area (Å²) in [6.07, 6.45) is 4.00. The van der Waals surface area contributed by atoms with Gasteiger partial charge in [0.2, 0.25) is 0 Å². The molecule has 0 radical (unpaired) electrons. The Labute approximate surface area is 238 Å². The summed E-state index contributed by atoms with van der Waals surface area (Å²) >= 11 is 1.79. The van der Waals surface area contributed by atoms with E-state index in [2.05, 4.69) is 51.8 Å². The molecule has 40 heavy (non-hydrogen) atoms. The van der Waals surface area contributed by atoms with Crippen molar-refractivity contribution >= 4 is 40.2 Å². The molecule has 2 N–H and O–H groups in total. The fraction of sp³-hybridized carbons (Fsp3) is 0.152. The van der Waals surface area contributed by atoms with Crippen LogP contribution in [0, 0.1) is 0 Å². The number of carbonyl (C=O) groups is 2. The lowest BCUT2D eigenvalue weighted by atomic mass is 9.99. The van der Waals surface area contributed by atoms with Crippen LogP contribution in [0.15, 0.2) is 108 Å². The van der Waals surface area contributed by atoms with Crippen molar-refractivity contribution < 1.29 is 9.59 Å². The number of nitrogens with zero attached hydrogens (tertiary/aromatic N) is 2. The molecule has 200 valence electrons. The molecule has 6 nitrogen and oxygen atoms in total. The van der Waals surface area contributed by atoms with Crippen LogP contribution in [0.2, 0.25) is 0 Å². The van der Waals surface area contributed by atoms with Crippen LogP contribution in [0.25, 0.3) is 22.0 Å². The van der Waals surface area contributed by atoms with Crippen molar-refractivity contribution in [3.05, 3.63) is 120 Å². The first-order valence-electron chi connectivity index (χ1n) is 13.3. The van der Waals surface area contributed by atoms with Gasteiger partial charge in [-0.1, -0.05) is 56.3 Å². The predicted octanol–water partition coefficient (Wildman–Crippen LogP) is 7.54. The van der Waals surface area contributed by atoms with Gasteiger partial charge in [0, 0.05) is 33.9 Å². The van der Waals surface area contributed by atoms with Crippen molar-refractivity contribution in [1.82, 2.24) is 15.3 Å². The third-order valence-electron chi connectivity index (χ3n) is 6.61. The third kappa shape index (κ3) is 6.21. The van der Waals surface area contributed by atoms with Gasteiger partial charge in [-0.15, -0.1) is 11.8 Å². The molecule has 0 aliphatic rings. The number of benzene rings is 3. The van der Waals surface area contributed by atoms with E-state index in [-0.39, 0.29) is 17.9 Å². The fourth-order valence-corrected chi connectivity index (χ4v) is 5.22. The molecule has 0 saturated heterocycles. The molecule has 0 spiro atoms. The van der Waals surface area contributed by atoms with Gasteiger partial charge >= 0.3 is 0 Å². The Balaban J connectivity index is 1.32. The summed E-state index contributed by atoms with van der Waals surface area (Å²) in [5.74, 6) is 0.610. The highest BCUT2D eigenvalue weighted by Crippen LogP contribution is 2.28. The fourth-order valence-electron chi connectivity index (χ4n) is 4.56. The Morgan fingerprint density at radius 1 is 0.850 bits per heavy atom. The molecule has 1 unspecified atom stereocenters. The van der Waals surface area contributed by atoms with E-state index in [0.29, 0.717) is 22.3 Å². The minimum Gasteiger partial charge on any atom is -0.344 e. The second kappa shape index (κ2) is 12.6. The first-order valence-corrected chi connectivity index (χ1v) is 14.3. The molecule has 2 aromatic heterocycles. The summed E-state index contributed by atoms with van der Waals surface area (Å²) < 4.78 is 0. The lowest BCUT2D eigenvalue weighted by molar-refractivity contribution is 0.0933. The Hall–Kier alpha value is -4.49. The number of thioether (sulfide) groups is 1. The summed E-state index contributed by atoms with van der Waals surface area (Å²) in [4.78, 5) is 36.4. The molecule has 0 bridgehead atoms. The average molecular weight is 547 g/mol. The highest BCUT2D eigenvalue weighted by atomic mass is 32.2. The van der Waals surface area contributed by atoms with E-state index < -0.39 is 0 Å². The number of hydrogen-bond acceptors (Lipinski definition) is 5. The maximum absolute atomic E-state index is 13.3. The Morgan fingerprint density at radius 3 is 2.40 bits per heavy atom. The first kappa shape index (κ1) is 27.1. The molecule has 0 aliphatic heterocycles. The lowest BCUT2D eigenvalue weighted by Crippen LogP contribution is -2.28. The van der Waals surface area contributed by atoms with Crippen LogP contribution in [0.4, 0.5) is 5.69 Å². The van der Waals surface area contributed by atoms with Gasteiger partial charge < -0.3 is 10.6 Å². The van der Waals surface area contributed by atoms with Gasteiger partial charge in [0.15, 0.2) is 0 Å². The van der Waals surface area contributed by atoms with Gasteiger partial charge in [-0.2, -0.15) is 0 Å². The standard InChI is InChI=1S/C33H30N4O2S/c1-3-29(30-11-7-8-18-34-30)37-32(38)24-19-23-12-15-25(20-31(23)35-21-24)36-33(39)28-10-6-5-9-27(28)22-13-16-26(17-14-22)40-4-2/h5-21,29H,3-4H2,1-2H3,(H,36,39)(H,37,38). The number of rotatable bonds is 9. The van der Waals surface area contributed by atoms with Crippen LogP contribution in [-0.2, 0) is 0 Å². The van der Waals surface area contributed by atoms with Crippen LogP contribution in [0.1, 0.15) is 52.7 Å². The minimum absolute atomic E-state index is 0.182. The molecule has 0 aliphatic carbocycles. The molecule has 7 heteroatoms. The molecule has 5 aromatic rings. The predicted molar refractivity (Wildman–Crippen MR) is 163 cm³/mol. The SMILES string of the molecule is CCSc1ccc(-c2ccccc2C(=O)Nc2ccc3cc(C(=O)NC(CC)c4ccccn4)cnc3c2)cc1. The Morgan fingerprint density at radius 2 is 1.65 bits per heavy atom. The van der Waals surface area contributed by atoms with Crippen LogP contribution in [0.5, 0.6) is 0 Å². The first-order chi connectivity index (χ1) is 19.6. The number of nitrogens with one attached hydrogen (secondary N) is 2. The quantitative estimate of drug-likeness (QED) is 0.187. The largest absolute Gasteiger partial charge is 0.344 e. The van der Waals surface area contributed by atoms with Crippen molar-refractivity contribution in [2.75, 3.05) is 11.1 Å². The zero-order valence-corrected chi connectivity index (χ0v) is 23.2. The molecule has 5 rings (SSSR count). The zero-order chi connectivity index (χ0) is 27.9. The third-order valence-corrected chi connectivity index (χ3v) is 7.50. The number of hydrogen-bond donors (Lipinski definition) is 2. The molecule has 2 amide bonds. The van der Waals surface area contributed by atoms with Crippen LogP contribution in [0.3, 0.4) is 0 Å². The Kier molecular flexibility index (Phi) is 8.52. The summed E-state index contributed by atoms with van der Waals surface area (Å²) in [5, 5.41) is 6.87. The number of anilines is 1. The summed E-state index contributed by atoms with van der Waals surface area (Å²) in [7, 11) is 0. The van der Waals surface area contributed by atoms with Gasteiger partial charge in [-0.05, 0) is 71.8 Å². The van der Waals surface area contributed by atoms with Crippen LogP contribution >= 0.6 is 11.8 Å². The van der Waals surface area contributed by atoms with Crippen molar-refractivity contribution in [2.45, 2.75) is 31.2 Å². The van der Waals surface area contributed by atoms with E-state index in [0.717, 1.165) is 34.4 Å². The Bertz CT molecular complexity index is 1640. The van der Waals surface area contributed by atoms with E-state index in [4.69, 9.17) is 0 Å².